The molecule has 2 amide bonds. The third-order valence-corrected chi connectivity index (χ3v) is 5.56. The quantitative estimate of drug-likeness (QED) is 0.675. The van der Waals surface area contributed by atoms with Crippen LogP contribution in [0.1, 0.15) is 29.9 Å². The molecule has 0 saturated carbocycles. The van der Waals surface area contributed by atoms with Crippen LogP contribution in [0.15, 0.2) is 59.8 Å². The molecule has 0 fully saturated rings. The third-order valence-electron chi connectivity index (χ3n) is 5.21. The first kappa shape index (κ1) is 19.2. The number of H-pyrrole nitrogens is 1. The highest BCUT2D eigenvalue weighted by Gasteiger charge is 2.25. The summed E-state index contributed by atoms with van der Waals surface area (Å²) in [6, 6.07) is 15.7. The van der Waals surface area contributed by atoms with Gasteiger partial charge in [0, 0.05) is 54.5 Å². The van der Waals surface area contributed by atoms with Gasteiger partial charge in [-0.05, 0) is 23.3 Å². The smallest absolute Gasteiger partial charge is 0.267 e. The number of carbonyl (C=O) groups is 2. The number of hydrogen-bond donors (Lipinski definition) is 2. The molecule has 2 N–H and O–H groups in total. The minimum atomic E-state index is -0.263. The lowest BCUT2D eigenvalue weighted by molar-refractivity contribution is -0.130. The highest BCUT2D eigenvalue weighted by atomic mass is 35.5. The molecule has 3 aromatic rings. The van der Waals surface area contributed by atoms with Crippen LogP contribution in [-0.4, -0.2) is 41.1 Å². The zero-order valence-corrected chi connectivity index (χ0v) is 16.7. The van der Waals surface area contributed by atoms with E-state index >= 15 is 0 Å². The largest absolute Gasteiger partial charge is 0.361 e. The van der Waals surface area contributed by atoms with Gasteiger partial charge in [0.1, 0.15) is 5.71 Å². The van der Waals surface area contributed by atoms with Crippen molar-refractivity contribution in [3.63, 3.8) is 0 Å². The molecule has 0 aliphatic carbocycles. The van der Waals surface area contributed by atoms with Crippen molar-refractivity contribution in [2.24, 2.45) is 5.10 Å². The van der Waals surface area contributed by atoms with Gasteiger partial charge in [0.05, 0.1) is 0 Å². The molecule has 2 aromatic carbocycles. The molecule has 1 aliphatic rings. The molecule has 148 valence electrons. The number of amides is 2. The van der Waals surface area contributed by atoms with Crippen molar-refractivity contribution in [1.82, 2.24) is 15.3 Å². The van der Waals surface area contributed by atoms with Gasteiger partial charge in [-0.2, -0.15) is 5.10 Å². The molecule has 0 bridgehead atoms. The SMILES string of the molecule is CN1N=C(C(=O)NCC(c2ccccc2Cl)c2c[nH]c3ccccc23)CCC1=O. The number of nitrogens with zero attached hydrogens (tertiary/aromatic N) is 2. The molecular formula is C22H21ClN4O2. The number of aromatic amines is 1. The fourth-order valence-corrected chi connectivity index (χ4v) is 3.92. The van der Waals surface area contributed by atoms with E-state index in [1.54, 1.807) is 7.05 Å². The van der Waals surface area contributed by atoms with Gasteiger partial charge in [-0.1, -0.05) is 48.0 Å². The van der Waals surface area contributed by atoms with E-state index in [0.717, 1.165) is 22.0 Å². The van der Waals surface area contributed by atoms with Gasteiger partial charge in [-0.3, -0.25) is 9.59 Å². The highest BCUT2D eigenvalue weighted by Crippen LogP contribution is 2.34. The Bertz CT molecular complexity index is 1100. The van der Waals surface area contributed by atoms with E-state index in [9.17, 15) is 9.59 Å². The van der Waals surface area contributed by atoms with E-state index in [1.807, 2.05) is 48.7 Å². The fraction of sp³-hybridized carbons (Fsp3) is 0.227. The molecule has 6 nitrogen and oxygen atoms in total. The van der Waals surface area contributed by atoms with Gasteiger partial charge in [0.25, 0.3) is 5.91 Å². The first-order chi connectivity index (χ1) is 14.0. The normalized spacial score (nSPS) is 15.3. The number of benzene rings is 2. The lowest BCUT2D eigenvalue weighted by Gasteiger charge is -2.22. The van der Waals surface area contributed by atoms with Crippen LogP contribution in [0.25, 0.3) is 10.9 Å². The van der Waals surface area contributed by atoms with E-state index in [4.69, 9.17) is 11.6 Å². The minimum Gasteiger partial charge on any atom is -0.361 e. The van der Waals surface area contributed by atoms with Crippen LogP contribution in [0.5, 0.6) is 0 Å². The van der Waals surface area contributed by atoms with Crippen molar-refractivity contribution in [2.45, 2.75) is 18.8 Å². The summed E-state index contributed by atoms with van der Waals surface area (Å²) in [5.41, 5.74) is 3.40. The summed E-state index contributed by atoms with van der Waals surface area (Å²) in [7, 11) is 1.56. The topological polar surface area (TPSA) is 77.6 Å². The summed E-state index contributed by atoms with van der Waals surface area (Å²) in [5, 5.41) is 10.1. The zero-order chi connectivity index (χ0) is 20.4. The predicted octanol–water partition coefficient (Wildman–Crippen LogP) is 3.68. The molecule has 1 unspecified atom stereocenters. The molecule has 1 aliphatic heterocycles. The van der Waals surface area contributed by atoms with E-state index in [1.165, 1.54) is 5.01 Å². The minimum absolute atomic E-state index is 0.0886. The van der Waals surface area contributed by atoms with Gasteiger partial charge >= 0.3 is 0 Å². The zero-order valence-electron chi connectivity index (χ0n) is 16.0. The van der Waals surface area contributed by atoms with Crippen molar-refractivity contribution in [3.05, 3.63) is 70.9 Å². The summed E-state index contributed by atoms with van der Waals surface area (Å²) in [6.07, 6.45) is 2.60. The number of aromatic nitrogens is 1. The third kappa shape index (κ3) is 3.89. The summed E-state index contributed by atoms with van der Waals surface area (Å²) < 4.78 is 0. The maximum absolute atomic E-state index is 12.7. The number of halogens is 1. The van der Waals surface area contributed by atoms with Crippen LogP contribution in [0.4, 0.5) is 0 Å². The molecule has 1 atom stereocenters. The average molecular weight is 409 g/mol. The molecule has 0 saturated heterocycles. The number of rotatable bonds is 5. The van der Waals surface area contributed by atoms with Crippen molar-refractivity contribution in [3.8, 4) is 0 Å². The molecule has 7 heteroatoms. The summed E-state index contributed by atoms with van der Waals surface area (Å²) in [4.78, 5) is 27.6. The maximum atomic E-state index is 12.7. The first-order valence-corrected chi connectivity index (χ1v) is 9.85. The van der Waals surface area contributed by atoms with E-state index in [-0.39, 0.29) is 17.7 Å². The molecule has 29 heavy (non-hydrogen) atoms. The van der Waals surface area contributed by atoms with E-state index < -0.39 is 0 Å². The maximum Gasteiger partial charge on any atom is 0.267 e. The van der Waals surface area contributed by atoms with E-state index in [0.29, 0.717) is 30.1 Å². The summed E-state index contributed by atoms with van der Waals surface area (Å²) >= 11 is 6.50. The van der Waals surface area contributed by atoms with Crippen LogP contribution < -0.4 is 5.32 Å². The number of hydrazone groups is 1. The van der Waals surface area contributed by atoms with Crippen LogP contribution >= 0.6 is 11.6 Å². The van der Waals surface area contributed by atoms with Crippen LogP contribution in [0.3, 0.4) is 0 Å². The number of fused-ring (bicyclic) bond motifs is 1. The summed E-state index contributed by atoms with van der Waals surface area (Å²) in [5.74, 6) is -0.483. The Morgan fingerprint density at radius 1 is 1.17 bits per heavy atom. The fourth-order valence-electron chi connectivity index (χ4n) is 3.66. The van der Waals surface area contributed by atoms with Crippen LogP contribution in [0, 0.1) is 0 Å². The molecule has 4 rings (SSSR count). The highest BCUT2D eigenvalue weighted by molar-refractivity contribution is 6.39. The number of hydrogen-bond acceptors (Lipinski definition) is 3. The van der Waals surface area contributed by atoms with E-state index in [2.05, 4.69) is 21.5 Å². The Kier molecular flexibility index (Phi) is 5.36. The standard InChI is InChI=1S/C22H21ClN4O2/c1-27-21(28)11-10-20(26-27)22(29)25-13-16(14-6-2-4-8-18(14)23)17-12-24-19-9-5-3-7-15(17)19/h2-9,12,16,24H,10-11,13H2,1H3,(H,25,29). The van der Waals surface area contributed by atoms with Gasteiger partial charge in [-0.15, -0.1) is 0 Å². The van der Waals surface area contributed by atoms with Crippen molar-refractivity contribution in [1.29, 1.82) is 0 Å². The second-order valence-electron chi connectivity index (χ2n) is 7.04. The average Bonchev–Trinajstić information content (AvgIpc) is 3.15. The Morgan fingerprint density at radius 3 is 2.72 bits per heavy atom. The van der Waals surface area contributed by atoms with Crippen LogP contribution in [0.2, 0.25) is 5.02 Å². The number of para-hydroxylation sites is 1. The monoisotopic (exact) mass is 408 g/mol. The lowest BCUT2D eigenvalue weighted by Crippen LogP contribution is -2.39. The number of carbonyl (C=O) groups excluding carboxylic acids is 2. The van der Waals surface area contributed by atoms with Crippen LogP contribution in [-0.2, 0) is 9.59 Å². The Hall–Kier alpha value is -3.12. The van der Waals surface area contributed by atoms with Crippen molar-refractivity contribution < 1.29 is 9.59 Å². The molecular weight excluding hydrogens is 388 g/mol. The molecule has 1 aromatic heterocycles. The second-order valence-corrected chi connectivity index (χ2v) is 7.44. The van der Waals surface area contributed by atoms with Gasteiger partial charge in [0.15, 0.2) is 0 Å². The van der Waals surface area contributed by atoms with Gasteiger partial charge in [-0.25, -0.2) is 5.01 Å². The Labute approximate surface area is 173 Å². The first-order valence-electron chi connectivity index (χ1n) is 9.47. The summed E-state index contributed by atoms with van der Waals surface area (Å²) in [6.45, 7) is 0.362. The molecule has 0 radical (unpaired) electrons. The number of nitrogens with one attached hydrogen (secondary N) is 2. The Morgan fingerprint density at radius 2 is 1.93 bits per heavy atom. The Balaban J connectivity index is 1.63. The lowest BCUT2D eigenvalue weighted by atomic mass is 9.90. The second kappa shape index (κ2) is 8.09. The van der Waals surface area contributed by atoms with Crippen molar-refractivity contribution in [2.75, 3.05) is 13.6 Å². The molecule has 0 spiro atoms. The van der Waals surface area contributed by atoms with Crippen molar-refractivity contribution >= 4 is 40.0 Å². The predicted molar refractivity (Wildman–Crippen MR) is 114 cm³/mol. The van der Waals surface area contributed by atoms with Gasteiger partial charge < -0.3 is 10.3 Å². The molecule has 2 heterocycles. The van der Waals surface area contributed by atoms with Gasteiger partial charge in [0.2, 0.25) is 5.91 Å².